The highest BCUT2D eigenvalue weighted by Crippen LogP contribution is 2.48. The van der Waals surface area contributed by atoms with Crippen LogP contribution in [0, 0.1) is 0 Å². The fourth-order valence-corrected chi connectivity index (χ4v) is 1.93. The molecule has 2 aliphatic rings. The van der Waals surface area contributed by atoms with Crippen molar-refractivity contribution in [2.24, 2.45) is 0 Å². The molecule has 0 radical (unpaired) electrons. The van der Waals surface area contributed by atoms with E-state index in [2.05, 4.69) is 0 Å². The van der Waals surface area contributed by atoms with Gasteiger partial charge in [0.25, 0.3) is 0 Å². The van der Waals surface area contributed by atoms with Crippen molar-refractivity contribution >= 4 is 5.97 Å². The van der Waals surface area contributed by atoms with Gasteiger partial charge in [0.15, 0.2) is 0 Å². The Balaban J connectivity index is 2.00. The second-order valence-corrected chi connectivity index (χ2v) is 3.48. The highest BCUT2D eigenvalue weighted by molar-refractivity contribution is 5.80. The first-order valence-electron chi connectivity index (χ1n) is 4.33. The van der Waals surface area contributed by atoms with E-state index in [9.17, 15) is 4.79 Å². The lowest BCUT2D eigenvalue weighted by molar-refractivity contribution is -0.131. The molecule has 0 bridgehead atoms. The van der Waals surface area contributed by atoms with E-state index in [1.165, 1.54) is 12.5 Å². The molecule has 0 aromatic rings. The molecule has 2 fully saturated rings. The van der Waals surface area contributed by atoms with Crippen LogP contribution in [0.1, 0.15) is 25.7 Å². The molecule has 1 N–H and O–H groups in total. The summed E-state index contributed by atoms with van der Waals surface area (Å²) in [7, 11) is 0. The second kappa shape index (κ2) is 2.59. The number of fused-ring (bicyclic) bond motifs is 1. The quantitative estimate of drug-likeness (QED) is 0.500. The van der Waals surface area contributed by atoms with E-state index in [0.717, 1.165) is 19.3 Å². The zero-order valence-electron chi connectivity index (χ0n) is 6.82. The van der Waals surface area contributed by atoms with Gasteiger partial charge < -0.3 is 9.84 Å². The van der Waals surface area contributed by atoms with Gasteiger partial charge in [0, 0.05) is 6.08 Å². The van der Waals surface area contributed by atoms with Gasteiger partial charge in [-0.15, -0.1) is 0 Å². The molecule has 0 aromatic carbocycles. The summed E-state index contributed by atoms with van der Waals surface area (Å²) in [4.78, 5) is 10.3. The van der Waals surface area contributed by atoms with Crippen LogP contribution in [0.25, 0.3) is 0 Å². The van der Waals surface area contributed by atoms with Crippen LogP contribution in [0.4, 0.5) is 0 Å². The van der Waals surface area contributed by atoms with E-state index in [0.29, 0.717) is 6.10 Å². The SMILES string of the molecule is O=C(O)C=CC12CCCCC1O2. The fraction of sp³-hybridized carbons (Fsp3) is 0.667. The van der Waals surface area contributed by atoms with Crippen LogP contribution in [0.3, 0.4) is 0 Å². The van der Waals surface area contributed by atoms with Gasteiger partial charge in [0.2, 0.25) is 0 Å². The van der Waals surface area contributed by atoms with Crippen LogP contribution in [0.2, 0.25) is 0 Å². The summed E-state index contributed by atoms with van der Waals surface area (Å²) < 4.78 is 5.47. The van der Waals surface area contributed by atoms with Gasteiger partial charge in [0.1, 0.15) is 5.60 Å². The third-order valence-electron chi connectivity index (χ3n) is 2.64. The molecule has 12 heavy (non-hydrogen) atoms. The monoisotopic (exact) mass is 168 g/mol. The van der Waals surface area contributed by atoms with Gasteiger partial charge in [-0.25, -0.2) is 4.79 Å². The van der Waals surface area contributed by atoms with Crippen molar-refractivity contribution in [3.05, 3.63) is 12.2 Å². The molecule has 2 atom stereocenters. The van der Waals surface area contributed by atoms with Crippen LogP contribution in [-0.4, -0.2) is 22.8 Å². The smallest absolute Gasteiger partial charge is 0.328 e. The van der Waals surface area contributed by atoms with E-state index in [1.54, 1.807) is 6.08 Å². The number of rotatable bonds is 2. The van der Waals surface area contributed by atoms with Gasteiger partial charge in [-0.2, -0.15) is 0 Å². The first kappa shape index (κ1) is 7.80. The molecule has 1 saturated heterocycles. The van der Waals surface area contributed by atoms with Crippen molar-refractivity contribution in [1.29, 1.82) is 0 Å². The largest absolute Gasteiger partial charge is 0.478 e. The topological polar surface area (TPSA) is 49.8 Å². The van der Waals surface area contributed by atoms with Crippen LogP contribution in [0.15, 0.2) is 12.2 Å². The minimum absolute atomic E-state index is 0.184. The molecule has 3 nitrogen and oxygen atoms in total. The van der Waals surface area contributed by atoms with E-state index in [1.807, 2.05) is 0 Å². The summed E-state index contributed by atoms with van der Waals surface area (Å²) in [5.74, 6) is -0.885. The maximum atomic E-state index is 10.3. The number of carboxylic acids is 1. The maximum Gasteiger partial charge on any atom is 0.328 e. The summed E-state index contributed by atoms with van der Waals surface area (Å²) in [6, 6.07) is 0. The van der Waals surface area contributed by atoms with E-state index < -0.39 is 5.97 Å². The Morgan fingerprint density at radius 3 is 3.08 bits per heavy atom. The Kier molecular flexibility index (Phi) is 1.68. The molecule has 1 aliphatic heterocycles. The number of hydrogen-bond donors (Lipinski definition) is 1. The maximum absolute atomic E-state index is 10.3. The Morgan fingerprint density at radius 1 is 1.58 bits per heavy atom. The summed E-state index contributed by atoms with van der Waals surface area (Å²) in [6.45, 7) is 0. The molecule has 0 aromatic heterocycles. The molecule has 1 heterocycles. The second-order valence-electron chi connectivity index (χ2n) is 3.48. The summed E-state index contributed by atoms with van der Waals surface area (Å²) in [5, 5.41) is 8.43. The molecule has 3 heteroatoms. The summed E-state index contributed by atoms with van der Waals surface area (Å²) >= 11 is 0. The van der Waals surface area contributed by atoms with Gasteiger partial charge in [-0.1, -0.05) is 12.8 Å². The van der Waals surface area contributed by atoms with Gasteiger partial charge >= 0.3 is 5.97 Å². The van der Waals surface area contributed by atoms with E-state index >= 15 is 0 Å². The van der Waals surface area contributed by atoms with E-state index in [4.69, 9.17) is 9.84 Å². The lowest BCUT2D eigenvalue weighted by atomic mass is 9.89. The van der Waals surface area contributed by atoms with Gasteiger partial charge in [0.05, 0.1) is 6.10 Å². The zero-order chi connectivity index (χ0) is 8.60. The molecule has 0 amide bonds. The summed E-state index contributed by atoms with van der Waals surface area (Å²) in [6.07, 6.45) is 7.66. The zero-order valence-corrected chi connectivity index (χ0v) is 6.82. The molecule has 2 unspecified atom stereocenters. The van der Waals surface area contributed by atoms with Crippen molar-refractivity contribution in [1.82, 2.24) is 0 Å². The standard InChI is InChI=1S/C9H12O3/c10-8(11)4-6-9-5-2-1-3-7(9)12-9/h4,6-7H,1-3,5H2,(H,10,11). The van der Waals surface area contributed by atoms with Crippen molar-refractivity contribution in [3.63, 3.8) is 0 Å². The average Bonchev–Trinajstić information content (AvgIpc) is 2.75. The minimum atomic E-state index is -0.885. The van der Waals surface area contributed by atoms with Crippen molar-refractivity contribution in [3.8, 4) is 0 Å². The Bertz CT molecular complexity index is 234. The molecule has 1 saturated carbocycles. The normalized spacial score (nSPS) is 39.5. The molecule has 66 valence electrons. The Hall–Kier alpha value is -0.830. The predicted molar refractivity (Wildman–Crippen MR) is 42.8 cm³/mol. The van der Waals surface area contributed by atoms with E-state index in [-0.39, 0.29) is 5.60 Å². The van der Waals surface area contributed by atoms with Crippen LogP contribution in [0.5, 0.6) is 0 Å². The molecular formula is C9H12O3. The third kappa shape index (κ3) is 1.25. The lowest BCUT2D eigenvalue weighted by Gasteiger charge is -2.11. The number of epoxide rings is 1. The molecule has 1 aliphatic carbocycles. The first-order chi connectivity index (χ1) is 5.73. The van der Waals surface area contributed by atoms with Crippen molar-refractivity contribution in [2.75, 3.05) is 0 Å². The number of hydrogen-bond acceptors (Lipinski definition) is 2. The van der Waals surface area contributed by atoms with Gasteiger partial charge in [-0.05, 0) is 18.9 Å². The fourth-order valence-electron chi connectivity index (χ4n) is 1.93. The molecular weight excluding hydrogens is 156 g/mol. The third-order valence-corrected chi connectivity index (χ3v) is 2.64. The van der Waals surface area contributed by atoms with Crippen molar-refractivity contribution < 1.29 is 14.6 Å². The predicted octanol–water partition coefficient (Wildman–Crippen LogP) is 1.34. The first-order valence-corrected chi connectivity index (χ1v) is 4.33. The minimum Gasteiger partial charge on any atom is -0.478 e. The Labute approximate surface area is 71.0 Å². The lowest BCUT2D eigenvalue weighted by Crippen LogP contribution is -2.16. The van der Waals surface area contributed by atoms with Gasteiger partial charge in [-0.3, -0.25) is 0 Å². The number of carboxylic acid groups (broad SMARTS) is 1. The molecule has 0 spiro atoms. The molecule has 2 rings (SSSR count). The average molecular weight is 168 g/mol. The Morgan fingerprint density at radius 2 is 2.42 bits per heavy atom. The van der Waals surface area contributed by atoms with Crippen LogP contribution < -0.4 is 0 Å². The van der Waals surface area contributed by atoms with Crippen LogP contribution >= 0.6 is 0 Å². The number of ether oxygens (including phenoxy) is 1. The highest BCUT2D eigenvalue weighted by Gasteiger charge is 2.55. The van der Waals surface area contributed by atoms with Crippen molar-refractivity contribution in [2.45, 2.75) is 37.4 Å². The number of aliphatic carboxylic acids is 1. The number of carbonyl (C=O) groups is 1. The summed E-state index contributed by atoms with van der Waals surface area (Å²) in [5.41, 5.74) is -0.184. The highest BCUT2D eigenvalue weighted by atomic mass is 16.6. The van der Waals surface area contributed by atoms with Crippen LogP contribution in [-0.2, 0) is 9.53 Å².